The number of hydrogen-bond donors (Lipinski definition) is 0. The molecule has 4 heteroatoms. The highest BCUT2D eigenvalue weighted by Crippen LogP contribution is 2.14. The van der Waals surface area contributed by atoms with Gasteiger partial charge in [0, 0.05) is 18.6 Å². The molecule has 0 spiro atoms. The van der Waals surface area contributed by atoms with E-state index in [4.69, 9.17) is 0 Å². The molecule has 3 aromatic rings. The molecule has 0 fully saturated rings. The number of nitrogens with zero attached hydrogens (tertiary/aromatic N) is 4. The first-order chi connectivity index (χ1) is 8.83. The molecule has 0 saturated heterocycles. The van der Waals surface area contributed by atoms with Crippen LogP contribution < -0.4 is 0 Å². The lowest BCUT2D eigenvalue weighted by Gasteiger charge is -2.03. The maximum absolute atomic E-state index is 4.47. The zero-order valence-electron chi connectivity index (χ0n) is 10.2. The van der Waals surface area contributed by atoms with Gasteiger partial charge in [0.15, 0.2) is 0 Å². The normalized spacial score (nSPS) is 10.9. The second-order valence-corrected chi connectivity index (χ2v) is 4.39. The first-order valence-corrected chi connectivity index (χ1v) is 6.00. The molecular weight excluding hydrogens is 224 g/mol. The number of pyridine rings is 1. The van der Waals surface area contributed by atoms with Gasteiger partial charge in [-0.15, -0.1) is 5.10 Å². The van der Waals surface area contributed by atoms with E-state index in [1.165, 1.54) is 10.9 Å². The van der Waals surface area contributed by atoms with Gasteiger partial charge in [-0.2, -0.15) is 0 Å². The van der Waals surface area contributed by atoms with Crippen LogP contribution in [0.15, 0.2) is 42.7 Å². The van der Waals surface area contributed by atoms with Crippen molar-refractivity contribution in [3.63, 3.8) is 0 Å². The molecule has 18 heavy (non-hydrogen) atoms. The number of para-hydroxylation sites is 1. The summed E-state index contributed by atoms with van der Waals surface area (Å²) in [4.78, 5) is 4.47. The summed E-state index contributed by atoms with van der Waals surface area (Å²) in [6.45, 7) is 0. The molecule has 1 aromatic carbocycles. The molecule has 0 unspecified atom stereocenters. The van der Waals surface area contributed by atoms with E-state index < -0.39 is 0 Å². The number of benzene rings is 1. The van der Waals surface area contributed by atoms with Crippen molar-refractivity contribution in [2.75, 3.05) is 0 Å². The highest BCUT2D eigenvalue weighted by Gasteiger charge is 2.02. The van der Waals surface area contributed by atoms with E-state index in [9.17, 15) is 0 Å². The summed E-state index contributed by atoms with van der Waals surface area (Å²) in [6.07, 6.45) is 5.66. The Kier molecular flexibility index (Phi) is 2.76. The van der Waals surface area contributed by atoms with Crippen molar-refractivity contribution in [2.24, 2.45) is 7.05 Å². The molecule has 0 aliphatic heterocycles. The lowest BCUT2D eigenvalue weighted by atomic mass is 10.1. The Bertz CT molecular complexity index is 672. The Morgan fingerprint density at radius 1 is 1.11 bits per heavy atom. The molecule has 4 nitrogen and oxygen atoms in total. The molecule has 3 rings (SSSR count). The quantitative estimate of drug-likeness (QED) is 0.702. The number of hydrogen-bond acceptors (Lipinski definition) is 3. The predicted molar refractivity (Wildman–Crippen MR) is 70.2 cm³/mol. The van der Waals surface area contributed by atoms with Crippen molar-refractivity contribution in [2.45, 2.75) is 12.8 Å². The van der Waals surface area contributed by atoms with E-state index in [-0.39, 0.29) is 0 Å². The Morgan fingerprint density at radius 2 is 2.00 bits per heavy atom. The van der Waals surface area contributed by atoms with Crippen molar-refractivity contribution in [1.29, 1.82) is 0 Å². The average Bonchev–Trinajstić information content (AvgIpc) is 2.82. The standard InChI is InChI=1S/C14H14N4/c1-18-13(10-16-17-18)7-6-11-8-12-4-2-3-5-14(12)15-9-11/h2-5,8-10H,6-7H2,1H3. The van der Waals surface area contributed by atoms with Gasteiger partial charge in [0.05, 0.1) is 17.4 Å². The van der Waals surface area contributed by atoms with Crippen molar-refractivity contribution >= 4 is 10.9 Å². The Balaban J connectivity index is 1.81. The largest absolute Gasteiger partial charge is 0.256 e. The summed E-state index contributed by atoms with van der Waals surface area (Å²) in [5.41, 5.74) is 3.43. The minimum atomic E-state index is 0.934. The van der Waals surface area contributed by atoms with Crippen molar-refractivity contribution in [3.8, 4) is 0 Å². The summed E-state index contributed by atoms with van der Waals surface area (Å²) < 4.78 is 1.81. The molecule has 0 radical (unpaired) electrons. The second-order valence-electron chi connectivity index (χ2n) is 4.39. The average molecular weight is 238 g/mol. The van der Waals surface area contributed by atoms with Crippen LogP contribution in [0.4, 0.5) is 0 Å². The van der Waals surface area contributed by atoms with Gasteiger partial charge in [-0.1, -0.05) is 23.4 Å². The molecule has 0 N–H and O–H groups in total. The number of aromatic nitrogens is 4. The molecule has 0 bridgehead atoms. The van der Waals surface area contributed by atoms with Crippen molar-refractivity contribution < 1.29 is 0 Å². The number of aryl methyl sites for hydroxylation is 3. The van der Waals surface area contributed by atoms with E-state index in [2.05, 4.69) is 27.4 Å². The second kappa shape index (κ2) is 4.56. The Labute approximate surface area is 105 Å². The van der Waals surface area contributed by atoms with Gasteiger partial charge < -0.3 is 0 Å². The summed E-state index contributed by atoms with van der Waals surface area (Å²) in [6, 6.07) is 10.4. The smallest absolute Gasteiger partial charge is 0.0725 e. The third-order valence-electron chi connectivity index (χ3n) is 3.13. The first kappa shape index (κ1) is 10.9. The topological polar surface area (TPSA) is 43.6 Å². The van der Waals surface area contributed by atoms with E-state index in [1.54, 1.807) is 0 Å². The van der Waals surface area contributed by atoms with Crippen LogP contribution in [-0.4, -0.2) is 20.0 Å². The maximum Gasteiger partial charge on any atom is 0.0725 e. The number of rotatable bonds is 3. The minimum Gasteiger partial charge on any atom is -0.256 e. The zero-order chi connectivity index (χ0) is 12.4. The highest BCUT2D eigenvalue weighted by atomic mass is 15.4. The van der Waals surface area contributed by atoms with Gasteiger partial charge >= 0.3 is 0 Å². The SMILES string of the molecule is Cn1nncc1CCc1cnc2ccccc2c1. The van der Waals surface area contributed by atoms with Crippen LogP contribution >= 0.6 is 0 Å². The van der Waals surface area contributed by atoms with E-state index in [1.807, 2.05) is 42.3 Å². The number of fused-ring (bicyclic) bond motifs is 1. The van der Waals surface area contributed by atoms with E-state index >= 15 is 0 Å². The fourth-order valence-corrected chi connectivity index (χ4v) is 2.06. The molecule has 90 valence electrons. The molecular formula is C14H14N4. The van der Waals surface area contributed by atoms with Crippen LogP contribution in [0.1, 0.15) is 11.3 Å². The molecule has 0 aliphatic carbocycles. The molecule has 2 heterocycles. The van der Waals surface area contributed by atoms with Gasteiger partial charge in [0.2, 0.25) is 0 Å². The molecule has 0 saturated carbocycles. The molecule has 2 aromatic heterocycles. The maximum atomic E-state index is 4.47. The van der Waals surface area contributed by atoms with Crippen LogP contribution in [0, 0.1) is 0 Å². The first-order valence-electron chi connectivity index (χ1n) is 6.00. The third-order valence-corrected chi connectivity index (χ3v) is 3.13. The monoisotopic (exact) mass is 238 g/mol. The van der Waals surface area contributed by atoms with Crippen LogP contribution in [0.3, 0.4) is 0 Å². The zero-order valence-corrected chi connectivity index (χ0v) is 10.2. The van der Waals surface area contributed by atoms with Crippen LogP contribution in [-0.2, 0) is 19.9 Å². The predicted octanol–water partition coefficient (Wildman–Crippen LogP) is 2.15. The third kappa shape index (κ3) is 2.09. The molecule has 0 amide bonds. The highest BCUT2D eigenvalue weighted by molar-refractivity contribution is 5.78. The summed E-state index contributed by atoms with van der Waals surface area (Å²) >= 11 is 0. The minimum absolute atomic E-state index is 0.934. The summed E-state index contributed by atoms with van der Waals surface area (Å²) in [5, 5.41) is 9.00. The summed E-state index contributed by atoms with van der Waals surface area (Å²) in [7, 11) is 1.92. The fourth-order valence-electron chi connectivity index (χ4n) is 2.06. The van der Waals surface area contributed by atoms with E-state index in [0.29, 0.717) is 0 Å². The Hall–Kier alpha value is -2.23. The van der Waals surface area contributed by atoms with Gasteiger partial charge in [-0.3, -0.25) is 9.67 Å². The van der Waals surface area contributed by atoms with Gasteiger partial charge in [-0.25, -0.2) is 0 Å². The Morgan fingerprint density at radius 3 is 2.83 bits per heavy atom. The molecule has 0 atom stereocenters. The fraction of sp³-hybridized carbons (Fsp3) is 0.214. The lowest BCUT2D eigenvalue weighted by molar-refractivity contribution is 0.672. The molecule has 0 aliphatic rings. The van der Waals surface area contributed by atoms with Crippen LogP contribution in [0.5, 0.6) is 0 Å². The van der Waals surface area contributed by atoms with Crippen LogP contribution in [0.25, 0.3) is 10.9 Å². The van der Waals surface area contributed by atoms with Gasteiger partial charge in [-0.05, 0) is 30.5 Å². The van der Waals surface area contributed by atoms with E-state index in [0.717, 1.165) is 24.1 Å². The summed E-state index contributed by atoms with van der Waals surface area (Å²) in [5.74, 6) is 0. The lowest BCUT2D eigenvalue weighted by Crippen LogP contribution is -2.00. The van der Waals surface area contributed by atoms with Crippen molar-refractivity contribution in [1.82, 2.24) is 20.0 Å². The van der Waals surface area contributed by atoms with Gasteiger partial charge in [0.25, 0.3) is 0 Å². The van der Waals surface area contributed by atoms with Crippen LogP contribution in [0.2, 0.25) is 0 Å². The van der Waals surface area contributed by atoms with Gasteiger partial charge in [0.1, 0.15) is 0 Å². The van der Waals surface area contributed by atoms with Crippen molar-refractivity contribution in [3.05, 3.63) is 54.0 Å².